The highest BCUT2D eigenvalue weighted by Gasteiger charge is 2.22. The zero-order valence-corrected chi connectivity index (χ0v) is 22.9. The van der Waals surface area contributed by atoms with Gasteiger partial charge in [-0.2, -0.15) is 10.2 Å². The summed E-state index contributed by atoms with van der Waals surface area (Å²) in [6, 6.07) is 7.10. The average molecular weight is 578 g/mol. The monoisotopic (exact) mass is 576 g/mol. The van der Waals surface area contributed by atoms with E-state index < -0.39 is 0 Å². The Hall–Kier alpha value is -3.24. The first-order chi connectivity index (χ1) is 17.1. The molecule has 8 nitrogen and oxygen atoms in total. The summed E-state index contributed by atoms with van der Waals surface area (Å²) in [6.45, 7) is 3.92. The molecule has 1 aliphatic heterocycles. The number of fused-ring (bicyclic) bond motifs is 1. The van der Waals surface area contributed by atoms with Gasteiger partial charge in [0, 0.05) is 57.3 Å². The molecular weight excluding hydrogens is 550 g/mol. The first-order valence-electron chi connectivity index (χ1n) is 11.7. The standard InChI is InChI=1S/C26H25FN8.3ClH/c1-14-20(12-32-34-14)17-2-3-23(27)22-11-30-24(9-18(17)22)19-8-16(10-31-26(19)28)21-13-33-35-25(21)15-4-6-29-7-5-15;;;/h2-3,8-13,15,29H,4-7H2,1H3,(H2,28,31)(H,32,34)(H,33,35);3*1H. The van der Waals surface area contributed by atoms with Crippen LogP contribution in [0.15, 0.2) is 49.1 Å². The Bertz CT molecular complexity index is 1550. The van der Waals surface area contributed by atoms with Crippen molar-refractivity contribution in [1.29, 1.82) is 0 Å². The summed E-state index contributed by atoms with van der Waals surface area (Å²) in [5.74, 6) is 0.455. The number of nitrogens with two attached hydrogens (primary N) is 1. The largest absolute Gasteiger partial charge is 0.383 e. The number of aromatic nitrogens is 6. The third-order valence-electron chi connectivity index (χ3n) is 6.89. The molecule has 5 heterocycles. The molecule has 0 bridgehead atoms. The van der Waals surface area contributed by atoms with Crippen LogP contribution in [0.5, 0.6) is 0 Å². The van der Waals surface area contributed by atoms with Gasteiger partial charge < -0.3 is 11.1 Å². The van der Waals surface area contributed by atoms with Gasteiger partial charge in [-0.25, -0.2) is 9.37 Å². The fourth-order valence-corrected chi connectivity index (χ4v) is 4.98. The molecule has 0 spiro atoms. The van der Waals surface area contributed by atoms with E-state index in [0.717, 1.165) is 65.0 Å². The highest BCUT2D eigenvalue weighted by molar-refractivity contribution is 5.99. The topological polar surface area (TPSA) is 121 Å². The lowest BCUT2D eigenvalue weighted by Gasteiger charge is -2.22. The van der Waals surface area contributed by atoms with Gasteiger partial charge in [0.2, 0.25) is 0 Å². The zero-order valence-electron chi connectivity index (χ0n) is 20.5. The van der Waals surface area contributed by atoms with E-state index in [4.69, 9.17) is 5.73 Å². The lowest BCUT2D eigenvalue weighted by atomic mass is 9.90. The second-order valence-electron chi connectivity index (χ2n) is 9.00. The molecule has 0 saturated carbocycles. The number of hydrogen-bond donors (Lipinski definition) is 4. The third-order valence-corrected chi connectivity index (χ3v) is 6.89. The summed E-state index contributed by atoms with van der Waals surface area (Å²) in [4.78, 5) is 9.04. The molecule has 0 radical (unpaired) electrons. The van der Waals surface area contributed by atoms with E-state index in [1.165, 1.54) is 6.07 Å². The second-order valence-corrected chi connectivity index (χ2v) is 9.00. The van der Waals surface area contributed by atoms with Crippen molar-refractivity contribution in [1.82, 2.24) is 35.7 Å². The number of nitrogens with one attached hydrogen (secondary N) is 3. The number of aromatic amines is 2. The molecule has 1 saturated heterocycles. The Morgan fingerprint density at radius 2 is 1.55 bits per heavy atom. The van der Waals surface area contributed by atoms with Gasteiger partial charge in [0.1, 0.15) is 11.6 Å². The van der Waals surface area contributed by atoms with Crippen molar-refractivity contribution >= 4 is 53.8 Å². The minimum atomic E-state index is -0.325. The molecule has 0 atom stereocenters. The van der Waals surface area contributed by atoms with E-state index >= 15 is 0 Å². The van der Waals surface area contributed by atoms with Crippen molar-refractivity contribution in [2.24, 2.45) is 0 Å². The molecular formula is C26H28Cl3FN8. The summed E-state index contributed by atoms with van der Waals surface area (Å²) in [6.07, 6.45) is 9.03. The predicted molar refractivity (Wildman–Crippen MR) is 156 cm³/mol. The number of pyridine rings is 2. The molecule has 0 amide bonds. The summed E-state index contributed by atoms with van der Waals surface area (Å²) < 4.78 is 14.7. The number of piperidine rings is 1. The normalized spacial score (nSPS) is 13.4. The van der Waals surface area contributed by atoms with Crippen molar-refractivity contribution in [2.45, 2.75) is 25.7 Å². The zero-order chi connectivity index (χ0) is 23.9. The number of nitrogen functional groups attached to an aromatic ring is 1. The smallest absolute Gasteiger partial charge is 0.132 e. The average Bonchev–Trinajstić information content (AvgIpc) is 3.54. The SMILES string of the molecule is Cc1[nH]ncc1-c1ccc(F)c2cnc(-c3cc(-c4cn[nH]c4C4CCNCC4)cnc3N)cc12.Cl.Cl.Cl. The van der Waals surface area contributed by atoms with Crippen LogP contribution in [0.3, 0.4) is 0 Å². The maximum Gasteiger partial charge on any atom is 0.132 e. The number of anilines is 1. The summed E-state index contributed by atoms with van der Waals surface area (Å²) >= 11 is 0. The van der Waals surface area contributed by atoms with Crippen LogP contribution in [0.25, 0.3) is 44.3 Å². The summed E-state index contributed by atoms with van der Waals surface area (Å²) in [7, 11) is 0. The van der Waals surface area contributed by atoms with Crippen molar-refractivity contribution in [2.75, 3.05) is 18.8 Å². The van der Waals surface area contributed by atoms with Crippen molar-refractivity contribution in [3.05, 3.63) is 66.3 Å². The van der Waals surface area contributed by atoms with Gasteiger partial charge in [-0.15, -0.1) is 37.2 Å². The molecule has 1 aliphatic rings. The number of hydrogen-bond acceptors (Lipinski definition) is 6. The van der Waals surface area contributed by atoms with Crippen LogP contribution < -0.4 is 11.1 Å². The van der Waals surface area contributed by atoms with Gasteiger partial charge >= 0.3 is 0 Å². The van der Waals surface area contributed by atoms with Gasteiger partial charge in [0.05, 0.1) is 18.1 Å². The Morgan fingerprint density at radius 3 is 2.29 bits per heavy atom. The molecule has 12 heteroatoms. The highest BCUT2D eigenvalue weighted by Crippen LogP contribution is 2.37. The molecule has 1 aromatic carbocycles. The highest BCUT2D eigenvalue weighted by atomic mass is 35.5. The van der Waals surface area contributed by atoms with Crippen LogP contribution in [-0.2, 0) is 0 Å². The minimum Gasteiger partial charge on any atom is -0.383 e. The van der Waals surface area contributed by atoms with Crippen LogP contribution >= 0.6 is 37.2 Å². The van der Waals surface area contributed by atoms with Crippen molar-refractivity contribution in [3.63, 3.8) is 0 Å². The maximum atomic E-state index is 14.7. The molecule has 38 heavy (non-hydrogen) atoms. The van der Waals surface area contributed by atoms with Gasteiger partial charge in [-0.1, -0.05) is 6.07 Å². The second kappa shape index (κ2) is 12.1. The molecule has 1 fully saturated rings. The quantitative estimate of drug-likeness (QED) is 0.213. The summed E-state index contributed by atoms with van der Waals surface area (Å²) in [5, 5.41) is 19.2. The van der Waals surface area contributed by atoms with E-state index in [1.807, 2.05) is 25.3 Å². The number of rotatable bonds is 4. The number of H-pyrrole nitrogens is 2. The Kier molecular flexibility index (Phi) is 9.32. The van der Waals surface area contributed by atoms with Gasteiger partial charge in [-0.3, -0.25) is 15.2 Å². The molecule has 4 aromatic heterocycles. The fraction of sp³-hybridized carbons (Fsp3) is 0.231. The first kappa shape index (κ1) is 29.3. The van der Waals surface area contributed by atoms with E-state index in [1.54, 1.807) is 24.7 Å². The molecule has 0 unspecified atom stereocenters. The molecule has 5 N–H and O–H groups in total. The molecule has 0 aliphatic carbocycles. The number of halogens is 4. The van der Waals surface area contributed by atoms with E-state index in [9.17, 15) is 4.39 Å². The van der Waals surface area contributed by atoms with Crippen molar-refractivity contribution < 1.29 is 4.39 Å². The Balaban J connectivity index is 0.00000133. The van der Waals surface area contributed by atoms with Crippen LogP contribution in [0.4, 0.5) is 10.2 Å². The Labute approximate surface area is 237 Å². The lowest BCUT2D eigenvalue weighted by molar-refractivity contribution is 0.453. The number of benzene rings is 1. The van der Waals surface area contributed by atoms with Crippen molar-refractivity contribution in [3.8, 4) is 33.5 Å². The molecule has 200 valence electrons. The number of aryl methyl sites for hydroxylation is 1. The fourth-order valence-electron chi connectivity index (χ4n) is 4.98. The van der Waals surface area contributed by atoms with Gasteiger partial charge in [0.25, 0.3) is 0 Å². The molecule has 6 rings (SSSR count). The van der Waals surface area contributed by atoms with E-state index in [-0.39, 0.29) is 43.0 Å². The number of nitrogens with zero attached hydrogens (tertiary/aromatic N) is 4. The lowest BCUT2D eigenvalue weighted by Crippen LogP contribution is -2.27. The maximum absolute atomic E-state index is 14.7. The third kappa shape index (κ3) is 5.19. The van der Waals surface area contributed by atoms with E-state index in [2.05, 4.69) is 35.7 Å². The minimum absolute atomic E-state index is 0. The van der Waals surface area contributed by atoms with Crippen LogP contribution in [0.2, 0.25) is 0 Å². The first-order valence-corrected chi connectivity index (χ1v) is 11.7. The Morgan fingerprint density at radius 1 is 0.816 bits per heavy atom. The summed E-state index contributed by atoms with van der Waals surface area (Å²) in [5.41, 5.74) is 13.4. The van der Waals surface area contributed by atoms with Gasteiger partial charge in [0.15, 0.2) is 0 Å². The van der Waals surface area contributed by atoms with Crippen LogP contribution in [0.1, 0.15) is 30.1 Å². The van der Waals surface area contributed by atoms with Crippen LogP contribution in [0, 0.1) is 12.7 Å². The van der Waals surface area contributed by atoms with E-state index in [0.29, 0.717) is 28.4 Å². The molecule has 5 aromatic rings. The van der Waals surface area contributed by atoms with Crippen LogP contribution in [-0.4, -0.2) is 43.5 Å². The van der Waals surface area contributed by atoms with Gasteiger partial charge in [-0.05, 0) is 62.0 Å². The predicted octanol–water partition coefficient (Wildman–Crippen LogP) is 5.84.